The summed E-state index contributed by atoms with van der Waals surface area (Å²) in [5.74, 6) is -0.648. The number of hydrogen-bond donors (Lipinski definition) is 1. The van der Waals surface area contributed by atoms with Crippen molar-refractivity contribution in [3.05, 3.63) is 77.7 Å². The Morgan fingerprint density at radius 1 is 1.07 bits per heavy atom. The second-order valence-electron chi connectivity index (χ2n) is 6.04. The zero-order valence-corrected chi connectivity index (χ0v) is 14.9. The van der Waals surface area contributed by atoms with Crippen molar-refractivity contribution in [2.24, 2.45) is 7.05 Å². The molecule has 1 N–H and O–H groups in total. The van der Waals surface area contributed by atoms with Crippen molar-refractivity contribution >= 4 is 23.5 Å². The summed E-state index contributed by atoms with van der Waals surface area (Å²) in [5.41, 5.74) is 3.51. The lowest BCUT2D eigenvalue weighted by atomic mass is 10.1. The van der Waals surface area contributed by atoms with E-state index in [0.29, 0.717) is 11.3 Å². The molecule has 0 aliphatic rings. The van der Waals surface area contributed by atoms with Gasteiger partial charge in [-0.3, -0.25) is 14.3 Å². The highest BCUT2D eigenvalue weighted by Crippen LogP contribution is 2.24. The average molecular weight is 363 g/mol. The molecule has 1 amide bonds. The molecule has 136 valence electrons. The number of amides is 1. The van der Waals surface area contributed by atoms with Gasteiger partial charge in [-0.2, -0.15) is 5.10 Å². The van der Waals surface area contributed by atoms with Gasteiger partial charge < -0.3 is 5.32 Å². The second kappa shape index (κ2) is 7.78. The number of rotatable bonds is 5. The van der Waals surface area contributed by atoms with E-state index in [1.165, 1.54) is 25.1 Å². The number of carbonyl (C=O) groups is 2. The van der Waals surface area contributed by atoms with Crippen molar-refractivity contribution in [2.45, 2.75) is 6.92 Å². The van der Waals surface area contributed by atoms with Crippen LogP contribution in [-0.4, -0.2) is 21.5 Å². The molecule has 6 heteroatoms. The van der Waals surface area contributed by atoms with Crippen LogP contribution in [0.2, 0.25) is 0 Å². The number of aryl methyl sites for hydroxylation is 1. The molecule has 0 fully saturated rings. The Labute approximate surface area is 156 Å². The van der Waals surface area contributed by atoms with Crippen LogP contribution in [0, 0.1) is 5.82 Å². The first-order valence-electron chi connectivity index (χ1n) is 8.32. The fraction of sp³-hybridized carbons (Fsp3) is 0.0952. The van der Waals surface area contributed by atoms with Gasteiger partial charge in [0, 0.05) is 35.5 Å². The maximum atomic E-state index is 13.2. The van der Waals surface area contributed by atoms with Gasteiger partial charge >= 0.3 is 0 Å². The van der Waals surface area contributed by atoms with E-state index in [2.05, 4.69) is 10.4 Å². The quantitative estimate of drug-likeness (QED) is 0.549. The summed E-state index contributed by atoms with van der Waals surface area (Å²) in [6.45, 7) is 1.49. The number of aromatic nitrogens is 2. The third kappa shape index (κ3) is 4.36. The van der Waals surface area contributed by atoms with Gasteiger partial charge in [-0.05, 0) is 61.5 Å². The normalized spacial score (nSPS) is 10.9. The molecule has 1 heterocycles. The molecule has 0 atom stereocenters. The molecule has 1 aromatic heterocycles. The van der Waals surface area contributed by atoms with Gasteiger partial charge in [-0.1, -0.05) is 0 Å². The average Bonchev–Trinajstić information content (AvgIpc) is 3.02. The summed E-state index contributed by atoms with van der Waals surface area (Å²) in [6, 6.07) is 12.8. The number of nitrogens with one attached hydrogen (secondary N) is 1. The van der Waals surface area contributed by atoms with Crippen molar-refractivity contribution in [3.8, 4) is 11.3 Å². The summed E-state index contributed by atoms with van der Waals surface area (Å²) in [7, 11) is 1.78. The fourth-order valence-corrected chi connectivity index (χ4v) is 2.68. The first-order chi connectivity index (χ1) is 12.9. The summed E-state index contributed by atoms with van der Waals surface area (Å²) >= 11 is 0. The minimum atomic E-state index is -0.312. The highest BCUT2D eigenvalue weighted by Gasteiger charge is 2.09. The highest BCUT2D eigenvalue weighted by atomic mass is 19.1. The Kier molecular flexibility index (Phi) is 5.26. The third-order valence-electron chi connectivity index (χ3n) is 4.06. The monoisotopic (exact) mass is 363 g/mol. The van der Waals surface area contributed by atoms with E-state index in [4.69, 9.17) is 0 Å². The van der Waals surface area contributed by atoms with Gasteiger partial charge in [-0.15, -0.1) is 0 Å². The van der Waals surface area contributed by atoms with Gasteiger partial charge in [-0.25, -0.2) is 4.39 Å². The lowest BCUT2D eigenvalue weighted by Crippen LogP contribution is -2.07. The molecule has 0 unspecified atom stereocenters. The van der Waals surface area contributed by atoms with Gasteiger partial charge in [0.2, 0.25) is 5.91 Å². The molecule has 0 spiro atoms. The number of Topliss-reactive ketones (excluding diaryl/α,β-unsaturated/α-hetero) is 1. The summed E-state index contributed by atoms with van der Waals surface area (Å²) in [4.78, 5) is 23.4. The van der Waals surface area contributed by atoms with Crippen LogP contribution >= 0.6 is 0 Å². The number of carbonyl (C=O) groups excluding carboxylic acids is 2. The number of ketones is 1. The third-order valence-corrected chi connectivity index (χ3v) is 4.06. The van der Waals surface area contributed by atoms with Crippen LogP contribution in [-0.2, 0) is 11.8 Å². The first-order valence-corrected chi connectivity index (χ1v) is 8.32. The maximum absolute atomic E-state index is 13.2. The molecule has 0 bridgehead atoms. The van der Waals surface area contributed by atoms with E-state index in [0.717, 1.165) is 16.8 Å². The molecule has 0 aliphatic carbocycles. The molecular weight excluding hydrogens is 345 g/mol. The van der Waals surface area contributed by atoms with E-state index in [9.17, 15) is 14.0 Å². The molecule has 0 aliphatic heterocycles. The Morgan fingerprint density at radius 3 is 2.37 bits per heavy atom. The number of nitrogens with zero attached hydrogens (tertiary/aromatic N) is 2. The number of hydrogen-bond acceptors (Lipinski definition) is 3. The largest absolute Gasteiger partial charge is 0.323 e. The molecule has 0 saturated carbocycles. The van der Waals surface area contributed by atoms with Crippen molar-refractivity contribution in [3.63, 3.8) is 0 Å². The Hall–Kier alpha value is -3.54. The van der Waals surface area contributed by atoms with Crippen molar-refractivity contribution < 1.29 is 14.0 Å². The van der Waals surface area contributed by atoms with E-state index < -0.39 is 0 Å². The van der Waals surface area contributed by atoms with Gasteiger partial charge in [0.25, 0.3) is 0 Å². The molecule has 5 nitrogen and oxygen atoms in total. The van der Waals surface area contributed by atoms with Crippen molar-refractivity contribution in [1.29, 1.82) is 0 Å². The minimum Gasteiger partial charge on any atom is -0.323 e. The molecule has 0 saturated heterocycles. The molecular formula is C21H18FN3O2. The first kappa shape index (κ1) is 18.3. The van der Waals surface area contributed by atoms with Crippen LogP contribution in [0.5, 0.6) is 0 Å². The Balaban J connectivity index is 1.75. The van der Waals surface area contributed by atoms with E-state index in [-0.39, 0.29) is 17.5 Å². The predicted octanol–water partition coefficient (Wildman–Crippen LogP) is 4.08. The van der Waals surface area contributed by atoms with E-state index >= 15 is 0 Å². The molecule has 3 rings (SSSR count). The molecule has 2 aromatic carbocycles. The van der Waals surface area contributed by atoms with Crippen LogP contribution in [0.3, 0.4) is 0 Å². The van der Waals surface area contributed by atoms with Crippen LogP contribution in [0.15, 0.2) is 60.8 Å². The number of halogens is 1. The fourth-order valence-electron chi connectivity index (χ4n) is 2.68. The Bertz CT molecular complexity index is 1000. The molecule has 27 heavy (non-hydrogen) atoms. The van der Waals surface area contributed by atoms with E-state index in [1.54, 1.807) is 60.4 Å². The number of benzene rings is 2. The predicted molar refractivity (Wildman–Crippen MR) is 103 cm³/mol. The SMILES string of the molecule is CC(=O)c1ccc(NC(=O)/C=C/c2cnn(C)c2-c2ccc(F)cc2)cc1. The Morgan fingerprint density at radius 2 is 1.74 bits per heavy atom. The summed E-state index contributed by atoms with van der Waals surface area (Å²) in [6.07, 6.45) is 4.71. The van der Waals surface area contributed by atoms with Crippen LogP contribution in [0.4, 0.5) is 10.1 Å². The van der Waals surface area contributed by atoms with E-state index in [1.807, 2.05) is 0 Å². The lowest BCUT2D eigenvalue weighted by molar-refractivity contribution is -0.111. The van der Waals surface area contributed by atoms with Crippen LogP contribution in [0.1, 0.15) is 22.8 Å². The molecule has 3 aromatic rings. The zero-order valence-electron chi connectivity index (χ0n) is 14.9. The highest BCUT2D eigenvalue weighted by molar-refractivity contribution is 6.02. The lowest BCUT2D eigenvalue weighted by Gasteiger charge is -2.05. The van der Waals surface area contributed by atoms with Crippen molar-refractivity contribution in [2.75, 3.05) is 5.32 Å². The van der Waals surface area contributed by atoms with Gasteiger partial charge in [0.15, 0.2) is 5.78 Å². The van der Waals surface area contributed by atoms with Crippen molar-refractivity contribution in [1.82, 2.24) is 9.78 Å². The standard InChI is InChI=1S/C21H18FN3O2/c1-14(26)15-5-10-19(11-6-15)24-20(27)12-7-17-13-23-25(2)21(17)16-3-8-18(22)9-4-16/h3-13H,1-2H3,(H,24,27)/b12-7+. The van der Waals surface area contributed by atoms with Gasteiger partial charge in [0.05, 0.1) is 11.9 Å². The van der Waals surface area contributed by atoms with Gasteiger partial charge in [0.1, 0.15) is 5.82 Å². The summed E-state index contributed by atoms with van der Waals surface area (Å²) < 4.78 is 14.8. The topological polar surface area (TPSA) is 64.0 Å². The zero-order chi connectivity index (χ0) is 19.4. The number of anilines is 1. The summed E-state index contributed by atoms with van der Waals surface area (Å²) in [5, 5.41) is 6.95. The van der Waals surface area contributed by atoms with Crippen LogP contribution in [0.25, 0.3) is 17.3 Å². The molecule has 0 radical (unpaired) electrons. The van der Waals surface area contributed by atoms with Crippen LogP contribution < -0.4 is 5.32 Å². The maximum Gasteiger partial charge on any atom is 0.248 e. The minimum absolute atomic E-state index is 0.0299. The smallest absolute Gasteiger partial charge is 0.248 e. The second-order valence-corrected chi connectivity index (χ2v) is 6.04.